The number of hydrogen-bond acceptors (Lipinski definition) is 5. The molecule has 0 radical (unpaired) electrons. The highest BCUT2D eigenvalue weighted by molar-refractivity contribution is 5.52. The van der Waals surface area contributed by atoms with Gasteiger partial charge in [-0.3, -0.25) is 4.98 Å². The summed E-state index contributed by atoms with van der Waals surface area (Å²) in [5.41, 5.74) is 3.01. The Morgan fingerprint density at radius 2 is 1.88 bits per heavy atom. The third-order valence-electron chi connectivity index (χ3n) is 4.41. The highest BCUT2D eigenvalue weighted by atomic mass is 16.7. The zero-order valence-electron chi connectivity index (χ0n) is 14.1. The lowest BCUT2D eigenvalue weighted by molar-refractivity contribution is -0.0272. The van der Waals surface area contributed by atoms with Crippen LogP contribution in [0, 0.1) is 0 Å². The molecule has 1 fully saturated rings. The van der Waals surface area contributed by atoms with Gasteiger partial charge in [-0.15, -0.1) is 0 Å². The van der Waals surface area contributed by atoms with Gasteiger partial charge in [0, 0.05) is 12.1 Å². The second-order valence-electron chi connectivity index (χ2n) is 6.17. The normalized spacial score (nSPS) is 20.0. The van der Waals surface area contributed by atoms with E-state index in [9.17, 15) is 0 Å². The van der Waals surface area contributed by atoms with Crippen LogP contribution in [0.5, 0.6) is 0 Å². The number of oxazole rings is 1. The van der Waals surface area contributed by atoms with Gasteiger partial charge >= 0.3 is 0 Å². The molecule has 1 aromatic carbocycles. The Bertz CT molecular complexity index is 839. The van der Waals surface area contributed by atoms with Crippen LogP contribution in [0.25, 0.3) is 11.4 Å². The van der Waals surface area contributed by atoms with E-state index in [0.29, 0.717) is 24.6 Å². The molecule has 5 heteroatoms. The van der Waals surface area contributed by atoms with E-state index in [-0.39, 0.29) is 6.79 Å². The Hall–Kier alpha value is -2.50. The maximum absolute atomic E-state index is 5.93. The fraction of sp³-hybridized carbons (Fsp3) is 0.300. The summed E-state index contributed by atoms with van der Waals surface area (Å²) in [5, 5.41) is 0. The number of aryl methyl sites for hydroxylation is 1. The highest BCUT2D eigenvalue weighted by Gasteiger charge is 2.43. The summed E-state index contributed by atoms with van der Waals surface area (Å²) in [6.45, 7) is 2.75. The standard InChI is InChI=1S/C20H20N2O3/c1-2-16-9-6-10-17(21-16)18-12-24-19(22-18)20(13-23-14-25-20)11-15-7-4-3-5-8-15/h3-10,12H,2,11,13-14H2,1H3. The summed E-state index contributed by atoms with van der Waals surface area (Å²) in [6.07, 6.45) is 3.18. The van der Waals surface area contributed by atoms with Crippen molar-refractivity contribution in [1.29, 1.82) is 0 Å². The van der Waals surface area contributed by atoms with E-state index in [0.717, 1.165) is 23.4 Å². The first kappa shape index (κ1) is 16.0. The average molecular weight is 336 g/mol. The van der Waals surface area contributed by atoms with Crippen molar-refractivity contribution in [2.24, 2.45) is 0 Å². The predicted octanol–water partition coefficient (Wildman–Crippen LogP) is 3.74. The van der Waals surface area contributed by atoms with Crippen LogP contribution in [0.4, 0.5) is 0 Å². The number of ether oxygens (including phenoxy) is 2. The Morgan fingerprint density at radius 1 is 1.00 bits per heavy atom. The lowest BCUT2D eigenvalue weighted by atomic mass is 9.95. The summed E-state index contributed by atoms with van der Waals surface area (Å²) >= 11 is 0. The van der Waals surface area contributed by atoms with Gasteiger partial charge in [0.25, 0.3) is 0 Å². The van der Waals surface area contributed by atoms with Crippen molar-refractivity contribution in [2.45, 2.75) is 25.4 Å². The van der Waals surface area contributed by atoms with Crippen molar-refractivity contribution < 1.29 is 13.9 Å². The first-order valence-electron chi connectivity index (χ1n) is 8.47. The van der Waals surface area contributed by atoms with Gasteiger partial charge in [0.05, 0.1) is 12.3 Å². The number of aromatic nitrogens is 2. The van der Waals surface area contributed by atoms with Gasteiger partial charge in [0.2, 0.25) is 5.89 Å². The predicted molar refractivity (Wildman–Crippen MR) is 92.8 cm³/mol. The Morgan fingerprint density at radius 3 is 2.64 bits per heavy atom. The van der Waals surface area contributed by atoms with Crippen molar-refractivity contribution >= 4 is 0 Å². The van der Waals surface area contributed by atoms with Crippen LogP contribution < -0.4 is 0 Å². The second kappa shape index (κ2) is 6.78. The molecule has 1 unspecified atom stereocenters. The van der Waals surface area contributed by atoms with Crippen LogP contribution in [-0.2, 0) is 27.9 Å². The zero-order valence-corrected chi connectivity index (χ0v) is 14.1. The molecule has 4 rings (SSSR count). The topological polar surface area (TPSA) is 57.4 Å². The smallest absolute Gasteiger partial charge is 0.229 e. The largest absolute Gasteiger partial charge is 0.445 e. The van der Waals surface area contributed by atoms with Crippen LogP contribution in [0.3, 0.4) is 0 Å². The first-order valence-corrected chi connectivity index (χ1v) is 8.47. The molecule has 0 N–H and O–H groups in total. The van der Waals surface area contributed by atoms with Crippen molar-refractivity contribution in [3.63, 3.8) is 0 Å². The number of rotatable bonds is 5. The fourth-order valence-electron chi connectivity index (χ4n) is 3.05. The van der Waals surface area contributed by atoms with Crippen LogP contribution >= 0.6 is 0 Å². The molecule has 1 saturated heterocycles. The molecule has 0 bridgehead atoms. The third-order valence-corrected chi connectivity index (χ3v) is 4.41. The van der Waals surface area contributed by atoms with Gasteiger partial charge in [-0.25, -0.2) is 4.98 Å². The van der Waals surface area contributed by atoms with Crippen LogP contribution in [-0.4, -0.2) is 23.4 Å². The Balaban J connectivity index is 1.66. The lowest BCUT2D eigenvalue weighted by Gasteiger charge is -2.22. The van der Waals surface area contributed by atoms with Crippen molar-refractivity contribution in [3.8, 4) is 11.4 Å². The minimum absolute atomic E-state index is 0.244. The molecule has 3 heterocycles. The monoisotopic (exact) mass is 336 g/mol. The van der Waals surface area contributed by atoms with Gasteiger partial charge in [0.15, 0.2) is 5.60 Å². The molecule has 1 atom stereocenters. The summed E-state index contributed by atoms with van der Waals surface area (Å²) in [6, 6.07) is 16.1. The van der Waals surface area contributed by atoms with E-state index >= 15 is 0 Å². The van der Waals surface area contributed by atoms with Gasteiger partial charge < -0.3 is 13.9 Å². The molecule has 2 aromatic heterocycles. The van der Waals surface area contributed by atoms with Gasteiger partial charge in [-0.05, 0) is 24.1 Å². The van der Waals surface area contributed by atoms with Crippen LogP contribution in [0.15, 0.2) is 59.2 Å². The van der Waals surface area contributed by atoms with Gasteiger partial charge in [-0.1, -0.05) is 43.3 Å². The number of pyridine rings is 1. The number of nitrogens with zero attached hydrogens (tertiary/aromatic N) is 2. The highest BCUT2D eigenvalue weighted by Crippen LogP contribution is 2.35. The van der Waals surface area contributed by atoms with Crippen LogP contribution in [0.1, 0.15) is 24.1 Å². The molecule has 0 amide bonds. The molecule has 1 aliphatic rings. The lowest BCUT2D eigenvalue weighted by Crippen LogP contribution is -2.31. The first-order chi connectivity index (χ1) is 12.3. The molecule has 0 saturated carbocycles. The Labute approximate surface area is 146 Å². The van der Waals surface area contributed by atoms with Crippen LogP contribution in [0.2, 0.25) is 0 Å². The van der Waals surface area contributed by atoms with E-state index in [1.54, 1.807) is 6.26 Å². The summed E-state index contributed by atoms with van der Waals surface area (Å²) in [5.74, 6) is 0.535. The van der Waals surface area contributed by atoms with Crippen molar-refractivity contribution in [2.75, 3.05) is 13.4 Å². The van der Waals surface area contributed by atoms with Gasteiger partial charge in [-0.2, -0.15) is 0 Å². The zero-order chi connectivity index (χ0) is 17.1. The molecular formula is C20H20N2O3. The summed E-state index contributed by atoms with van der Waals surface area (Å²) < 4.78 is 17.2. The van der Waals surface area contributed by atoms with E-state index in [2.05, 4.69) is 29.0 Å². The van der Waals surface area contributed by atoms with E-state index in [4.69, 9.17) is 13.9 Å². The summed E-state index contributed by atoms with van der Waals surface area (Å²) in [4.78, 5) is 9.29. The molecule has 5 nitrogen and oxygen atoms in total. The fourth-order valence-corrected chi connectivity index (χ4v) is 3.05. The number of benzene rings is 1. The second-order valence-corrected chi connectivity index (χ2v) is 6.17. The maximum atomic E-state index is 5.93. The average Bonchev–Trinajstić information content (AvgIpc) is 3.33. The third kappa shape index (κ3) is 3.21. The minimum Gasteiger partial charge on any atom is -0.445 e. The molecule has 3 aromatic rings. The van der Waals surface area contributed by atoms with Crippen molar-refractivity contribution in [3.05, 3.63) is 71.9 Å². The molecule has 0 spiro atoms. The molecule has 128 valence electrons. The molecular weight excluding hydrogens is 316 g/mol. The molecule has 25 heavy (non-hydrogen) atoms. The molecule has 1 aliphatic heterocycles. The SMILES string of the molecule is CCc1cccc(-c2coc(C3(Cc4ccccc4)COCO3)n2)n1. The number of hydrogen-bond donors (Lipinski definition) is 0. The van der Waals surface area contributed by atoms with Crippen molar-refractivity contribution in [1.82, 2.24) is 9.97 Å². The van der Waals surface area contributed by atoms with E-state index < -0.39 is 5.60 Å². The Kier molecular flexibility index (Phi) is 4.34. The van der Waals surface area contributed by atoms with Gasteiger partial charge in [0.1, 0.15) is 18.8 Å². The minimum atomic E-state index is -0.692. The van der Waals surface area contributed by atoms with E-state index in [1.165, 1.54) is 0 Å². The molecule has 0 aliphatic carbocycles. The summed E-state index contributed by atoms with van der Waals surface area (Å²) in [7, 11) is 0. The quantitative estimate of drug-likeness (QED) is 0.710. The van der Waals surface area contributed by atoms with E-state index in [1.807, 2.05) is 36.4 Å². The maximum Gasteiger partial charge on any atom is 0.229 e.